The zero-order valence-corrected chi connectivity index (χ0v) is 13.7. The zero-order chi connectivity index (χ0) is 14.8. The Kier molecular flexibility index (Phi) is 4.63. The lowest BCUT2D eigenvalue weighted by atomic mass is 9.81. The number of fused-ring (bicyclic) bond motifs is 1. The third kappa shape index (κ3) is 3.31. The standard InChI is InChI=1S/C18H29N3/c1-14-8-9-18(17-7-5-4-6-16(14)17)19-12-15-13-20(2)10-11-21(15)3/h4-7,14-15,18-19H,8-13H2,1-3H3. The monoisotopic (exact) mass is 287 g/mol. The second kappa shape index (κ2) is 6.47. The summed E-state index contributed by atoms with van der Waals surface area (Å²) in [6.45, 7) is 7.00. The Morgan fingerprint density at radius 1 is 1.10 bits per heavy atom. The highest BCUT2D eigenvalue weighted by Gasteiger charge is 2.27. The minimum atomic E-state index is 0.540. The number of benzene rings is 1. The molecule has 0 spiro atoms. The molecule has 3 heteroatoms. The molecule has 0 amide bonds. The summed E-state index contributed by atoms with van der Waals surface area (Å²) in [4.78, 5) is 4.95. The van der Waals surface area contributed by atoms with Crippen LogP contribution in [0.4, 0.5) is 0 Å². The van der Waals surface area contributed by atoms with Crippen LogP contribution in [0.1, 0.15) is 42.9 Å². The number of nitrogens with zero attached hydrogens (tertiary/aromatic N) is 2. The number of nitrogens with one attached hydrogen (secondary N) is 1. The first-order chi connectivity index (χ1) is 10.1. The van der Waals surface area contributed by atoms with Crippen LogP contribution >= 0.6 is 0 Å². The van der Waals surface area contributed by atoms with Gasteiger partial charge in [-0.3, -0.25) is 4.90 Å². The molecule has 116 valence electrons. The van der Waals surface area contributed by atoms with Gasteiger partial charge in [-0.15, -0.1) is 0 Å². The molecule has 21 heavy (non-hydrogen) atoms. The lowest BCUT2D eigenvalue weighted by Gasteiger charge is -2.39. The van der Waals surface area contributed by atoms with Gasteiger partial charge in [0.2, 0.25) is 0 Å². The van der Waals surface area contributed by atoms with Gasteiger partial charge in [0.05, 0.1) is 0 Å². The highest BCUT2D eigenvalue weighted by atomic mass is 15.3. The number of hydrogen-bond acceptors (Lipinski definition) is 3. The highest BCUT2D eigenvalue weighted by Crippen LogP contribution is 2.36. The van der Waals surface area contributed by atoms with Crippen molar-refractivity contribution < 1.29 is 0 Å². The highest BCUT2D eigenvalue weighted by molar-refractivity contribution is 5.34. The first kappa shape index (κ1) is 15.0. The van der Waals surface area contributed by atoms with Gasteiger partial charge in [0.1, 0.15) is 0 Å². The molecule has 1 saturated heterocycles. The summed E-state index contributed by atoms with van der Waals surface area (Å²) in [5, 5.41) is 3.85. The van der Waals surface area contributed by atoms with E-state index in [1.54, 1.807) is 5.56 Å². The van der Waals surface area contributed by atoms with Crippen LogP contribution in [0.15, 0.2) is 24.3 Å². The molecule has 1 N–H and O–H groups in total. The van der Waals surface area contributed by atoms with E-state index in [0.717, 1.165) is 6.54 Å². The van der Waals surface area contributed by atoms with E-state index in [0.29, 0.717) is 18.0 Å². The number of hydrogen-bond donors (Lipinski definition) is 1. The SMILES string of the molecule is CC1CCC(NCC2CN(C)CCN2C)c2ccccc21. The summed E-state index contributed by atoms with van der Waals surface area (Å²) in [6, 6.07) is 10.2. The van der Waals surface area contributed by atoms with Crippen LogP contribution in [-0.2, 0) is 0 Å². The maximum Gasteiger partial charge on any atom is 0.0345 e. The van der Waals surface area contributed by atoms with E-state index in [1.165, 1.54) is 38.0 Å². The lowest BCUT2D eigenvalue weighted by Crippen LogP contribution is -2.54. The molecule has 2 aliphatic rings. The molecule has 3 nitrogen and oxygen atoms in total. The van der Waals surface area contributed by atoms with Crippen molar-refractivity contribution in [1.29, 1.82) is 0 Å². The molecule has 1 aliphatic heterocycles. The third-order valence-corrected chi connectivity index (χ3v) is 5.37. The van der Waals surface area contributed by atoms with Crippen molar-refractivity contribution in [2.45, 2.75) is 37.8 Å². The molecule has 1 aromatic rings. The molecule has 3 atom stereocenters. The van der Waals surface area contributed by atoms with Gasteiger partial charge in [-0.25, -0.2) is 0 Å². The van der Waals surface area contributed by atoms with Gasteiger partial charge in [0.25, 0.3) is 0 Å². The fourth-order valence-electron chi connectivity index (χ4n) is 3.82. The van der Waals surface area contributed by atoms with Gasteiger partial charge in [0, 0.05) is 38.3 Å². The summed E-state index contributed by atoms with van der Waals surface area (Å²) in [5.41, 5.74) is 3.08. The van der Waals surface area contributed by atoms with Crippen molar-refractivity contribution in [1.82, 2.24) is 15.1 Å². The summed E-state index contributed by atoms with van der Waals surface area (Å²) in [5.74, 6) is 0.711. The zero-order valence-electron chi connectivity index (χ0n) is 13.7. The predicted octanol–water partition coefficient (Wildman–Crippen LogP) is 2.46. The van der Waals surface area contributed by atoms with Gasteiger partial charge in [-0.1, -0.05) is 31.2 Å². The number of piperazine rings is 1. The van der Waals surface area contributed by atoms with Crippen LogP contribution in [-0.4, -0.2) is 56.1 Å². The van der Waals surface area contributed by atoms with Crippen molar-refractivity contribution in [2.75, 3.05) is 40.3 Å². The molecule has 3 rings (SSSR count). The van der Waals surface area contributed by atoms with Crippen molar-refractivity contribution in [3.05, 3.63) is 35.4 Å². The Bertz CT molecular complexity index is 473. The van der Waals surface area contributed by atoms with E-state index in [1.807, 2.05) is 0 Å². The van der Waals surface area contributed by atoms with Gasteiger partial charge in [-0.05, 0) is 44.0 Å². The summed E-state index contributed by atoms with van der Waals surface area (Å²) in [6.07, 6.45) is 2.57. The molecule has 0 radical (unpaired) electrons. The number of likely N-dealkylation sites (N-methyl/N-ethyl adjacent to an activating group) is 2. The Hall–Kier alpha value is -0.900. The first-order valence-electron chi connectivity index (χ1n) is 8.36. The van der Waals surface area contributed by atoms with Crippen LogP contribution < -0.4 is 5.32 Å². The molecule has 0 saturated carbocycles. The topological polar surface area (TPSA) is 18.5 Å². The number of rotatable bonds is 3. The fourth-order valence-corrected chi connectivity index (χ4v) is 3.82. The van der Waals surface area contributed by atoms with Crippen molar-refractivity contribution in [3.63, 3.8) is 0 Å². The van der Waals surface area contributed by atoms with E-state index in [2.05, 4.69) is 60.4 Å². The second-order valence-electron chi connectivity index (χ2n) is 6.96. The maximum atomic E-state index is 3.85. The van der Waals surface area contributed by atoms with Gasteiger partial charge < -0.3 is 10.2 Å². The molecule has 0 aromatic heterocycles. The Labute approximate surface area is 129 Å². The lowest BCUT2D eigenvalue weighted by molar-refractivity contribution is 0.110. The van der Waals surface area contributed by atoms with E-state index in [-0.39, 0.29) is 0 Å². The minimum absolute atomic E-state index is 0.540. The summed E-state index contributed by atoms with van der Waals surface area (Å²) < 4.78 is 0. The molecule has 0 bridgehead atoms. The van der Waals surface area contributed by atoms with E-state index in [4.69, 9.17) is 0 Å². The van der Waals surface area contributed by atoms with E-state index in [9.17, 15) is 0 Å². The summed E-state index contributed by atoms with van der Waals surface area (Å²) in [7, 11) is 4.49. The Morgan fingerprint density at radius 3 is 2.67 bits per heavy atom. The summed E-state index contributed by atoms with van der Waals surface area (Å²) >= 11 is 0. The van der Waals surface area contributed by atoms with Crippen LogP contribution in [0.5, 0.6) is 0 Å². The third-order valence-electron chi connectivity index (χ3n) is 5.37. The van der Waals surface area contributed by atoms with Crippen molar-refractivity contribution in [2.24, 2.45) is 0 Å². The van der Waals surface area contributed by atoms with Gasteiger partial charge in [-0.2, -0.15) is 0 Å². The molecule has 1 aliphatic carbocycles. The van der Waals surface area contributed by atoms with Crippen LogP contribution in [0, 0.1) is 0 Å². The van der Waals surface area contributed by atoms with E-state index >= 15 is 0 Å². The second-order valence-corrected chi connectivity index (χ2v) is 6.96. The van der Waals surface area contributed by atoms with Crippen molar-refractivity contribution >= 4 is 0 Å². The normalized spacial score (nSPS) is 31.1. The van der Waals surface area contributed by atoms with E-state index < -0.39 is 0 Å². The molecule has 1 heterocycles. The Balaban J connectivity index is 1.65. The predicted molar refractivity (Wildman–Crippen MR) is 88.7 cm³/mol. The van der Waals surface area contributed by atoms with Crippen molar-refractivity contribution in [3.8, 4) is 0 Å². The molecule has 1 fully saturated rings. The van der Waals surface area contributed by atoms with Gasteiger partial charge in [0.15, 0.2) is 0 Å². The quantitative estimate of drug-likeness (QED) is 0.921. The minimum Gasteiger partial charge on any atom is -0.308 e. The largest absolute Gasteiger partial charge is 0.308 e. The van der Waals surface area contributed by atoms with Crippen LogP contribution in [0.3, 0.4) is 0 Å². The average molecular weight is 287 g/mol. The molecular formula is C18H29N3. The van der Waals surface area contributed by atoms with Crippen LogP contribution in [0.25, 0.3) is 0 Å². The molecule has 1 aromatic carbocycles. The molecular weight excluding hydrogens is 258 g/mol. The van der Waals surface area contributed by atoms with Crippen LogP contribution in [0.2, 0.25) is 0 Å². The Morgan fingerprint density at radius 2 is 1.86 bits per heavy atom. The fraction of sp³-hybridized carbons (Fsp3) is 0.667. The first-order valence-corrected chi connectivity index (χ1v) is 8.36. The maximum absolute atomic E-state index is 3.85. The average Bonchev–Trinajstić information content (AvgIpc) is 2.50. The smallest absolute Gasteiger partial charge is 0.0345 e. The molecule has 3 unspecified atom stereocenters. The van der Waals surface area contributed by atoms with Gasteiger partial charge >= 0.3 is 0 Å².